The van der Waals surface area contributed by atoms with Crippen LogP contribution in [0.15, 0.2) is 164 Å². The van der Waals surface area contributed by atoms with Crippen LogP contribution in [0.5, 0.6) is 5.88 Å². The summed E-state index contributed by atoms with van der Waals surface area (Å²) >= 11 is 1.82. The van der Waals surface area contributed by atoms with Crippen molar-refractivity contribution in [2.75, 3.05) is 0 Å². The summed E-state index contributed by atoms with van der Waals surface area (Å²) in [6.07, 6.45) is 0. The molecule has 0 radical (unpaired) electrons. The van der Waals surface area contributed by atoms with Gasteiger partial charge in [-0.05, 0) is 73.6 Å². The fourth-order valence-corrected chi connectivity index (χ4v) is 10.6. The number of fused-ring (bicyclic) bond motifs is 17. The van der Waals surface area contributed by atoms with Gasteiger partial charge >= 0.3 is 0 Å². The number of hydrogen-bond acceptors (Lipinski definition) is 4. The van der Waals surface area contributed by atoms with Crippen molar-refractivity contribution in [3.63, 3.8) is 0 Å². The molecule has 1 aliphatic rings. The number of aromatic nitrogens is 3. The minimum atomic E-state index is 0.455. The Morgan fingerprint density at radius 2 is 1.09 bits per heavy atom. The molecule has 3 aromatic heterocycles. The highest BCUT2D eigenvalue weighted by atomic mass is 32.1. The zero-order valence-electron chi connectivity index (χ0n) is 30.0. The Kier molecular flexibility index (Phi) is 6.07. The predicted octanol–water partition coefficient (Wildman–Crippen LogP) is 13.8. The third-order valence-electron chi connectivity index (χ3n) is 11.9. The molecule has 56 heavy (non-hydrogen) atoms. The Morgan fingerprint density at radius 1 is 0.446 bits per heavy atom. The van der Waals surface area contributed by atoms with Gasteiger partial charge in [-0.3, -0.25) is 4.57 Å². The predicted molar refractivity (Wildman–Crippen MR) is 234 cm³/mol. The monoisotopic (exact) mass is 731 g/mol. The van der Waals surface area contributed by atoms with E-state index in [1.807, 2.05) is 11.3 Å². The van der Waals surface area contributed by atoms with E-state index < -0.39 is 0 Å². The van der Waals surface area contributed by atoms with Crippen molar-refractivity contribution in [3.05, 3.63) is 169 Å². The van der Waals surface area contributed by atoms with Gasteiger partial charge in [0.1, 0.15) is 18.0 Å². The van der Waals surface area contributed by atoms with Crippen molar-refractivity contribution in [3.8, 4) is 34.2 Å². The first-order chi connectivity index (χ1) is 27.8. The van der Waals surface area contributed by atoms with Gasteiger partial charge in [0.15, 0.2) is 5.82 Å². The van der Waals surface area contributed by atoms with Crippen LogP contribution in [0.4, 0.5) is 0 Å². The van der Waals surface area contributed by atoms with E-state index in [1.54, 1.807) is 0 Å². The van der Waals surface area contributed by atoms with Crippen molar-refractivity contribution in [1.82, 2.24) is 14.5 Å². The summed E-state index contributed by atoms with van der Waals surface area (Å²) in [5.74, 6) is 1.35. The van der Waals surface area contributed by atoms with E-state index in [0.29, 0.717) is 12.5 Å². The number of nitrogens with zero attached hydrogens (tertiary/aromatic N) is 3. The molecular weight excluding hydrogens is 703 g/mol. The van der Waals surface area contributed by atoms with E-state index in [-0.39, 0.29) is 0 Å². The van der Waals surface area contributed by atoms with Crippen molar-refractivity contribution in [2.45, 2.75) is 6.61 Å². The maximum absolute atomic E-state index is 6.46. The van der Waals surface area contributed by atoms with Crippen molar-refractivity contribution >= 4 is 96.4 Å². The summed E-state index contributed by atoms with van der Waals surface area (Å²) in [7, 11) is 0. The molecule has 0 N–H and O–H groups in total. The largest absolute Gasteiger partial charge is 0.471 e. The lowest BCUT2D eigenvalue weighted by Crippen LogP contribution is -2.12. The zero-order chi connectivity index (χ0) is 36.5. The smallest absolute Gasteiger partial charge is 0.241 e. The molecule has 13 rings (SSSR count). The van der Waals surface area contributed by atoms with Crippen molar-refractivity contribution in [1.29, 1.82) is 0 Å². The van der Waals surface area contributed by atoms with Gasteiger partial charge in [0.05, 0.1) is 11.0 Å². The van der Waals surface area contributed by atoms with Gasteiger partial charge in [0.2, 0.25) is 5.88 Å². The first-order valence-corrected chi connectivity index (χ1v) is 19.8. The number of hydrogen-bond donors (Lipinski definition) is 0. The number of thiophene rings is 1. The minimum absolute atomic E-state index is 0.455. The van der Waals surface area contributed by atoms with Gasteiger partial charge < -0.3 is 4.74 Å². The third kappa shape index (κ3) is 4.07. The lowest BCUT2D eigenvalue weighted by molar-refractivity contribution is 0.289. The van der Waals surface area contributed by atoms with E-state index in [4.69, 9.17) is 14.7 Å². The fourth-order valence-electron chi connectivity index (χ4n) is 9.43. The highest BCUT2D eigenvalue weighted by Crippen LogP contribution is 2.48. The normalized spacial score (nSPS) is 12.7. The summed E-state index contributed by atoms with van der Waals surface area (Å²) in [4.78, 5) is 11.2. The zero-order valence-corrected chi connectivity index (χ0v) is 30.8. The van der Waals surface area contributed by atoms with Gasteiger partial charge in [0, 0.05) is 47.5 Å². The SMILES string of the molecule is c1ccc2c(c1)COc1nc(-c3cccc4sc5ccccc5c34)c(-n3c4cc5ccccc5cc4c4c5c6ccccc6c6ccccc6c5ccc43)nc1-2. The molecule has 4 heterocycles. The Balaban J connectivity index is 1.26. The first kappa shape index (κ1) is 30.3. The molecule has 9 aromatic carbocycles. The van der Waals surface area contributed by atoms with E-state index in [2.05, 4.69) is 168 Å². The average molecular weight is 732 g/mol. The van der Waals surface area contributed by atoms with Crippen LogP contribution in [0.25, 0.3) is 113 Å². The molecule has 260 valence electrons. The second-order valence-electron chi connectivity index (χ2n) is 14.8. The molecule has 0 amide bonds. The maximum Gasteiger partial charge on any atom is 0.241 e. The number of ether oxygens (including phenoxy) is 1. The molecule has 0 saturated heterocycles. The summed E-state index contributed by atoms with van der Waals surface area (Å²) in [6, 6.07) is 59.4. The molecule has 1 aliphatic heterocycles. The van der Waals surface area contributed by atoms with E-state index in [9.17, 15) is 0 Å². The summed E-state index contributed by atoms with van der Waals surface area (Å²) in [5, 5.41) is 14.7. The summed E-state index contributed by atoms with van der Waals surface area (Å²) < 4.78 is 11.3. The average Bonchev–Trinajstić information content (AvgIpc) is 3.80. The lowest BCUT2D eigenvalue weighted by atomic mass is 9.91. The van der Waals surface area contributed by atoms with E-state index in [1.165, 1.54) is 74.0 Å². The van der Waals surface area contributed by atoms with Crippen LogP contribution in [0.3, 0.4) is 0 Å². The molecule has 0 unspecified atom stereocenters. The fraction of sp³-hybridized carbons (Fsp3) is 0.0196. The molecule has 0 fully saturated rings. The van der Waals surface area contributed by atoms with Crippen LogP contribution in [0.1, 0.15) is 5.56 Å². The second kappa shape index (κ2) is 11.2. The first-order valence-electron chi connectivity index (χ1n) is 19.0. The van der Waals surface area contributed by atoms with Gasteiger partial charge in [-0.2, -0.15) is 0 Å². The van der Waals surface area contributed by atoms with Gasteiger partial charge in [0.25, 0.3) is 0 Å². The second-order valence-corrected chi connectivity index (χ2v) is 15.9. The molecule has 0 spiro atoms. The Morgan fingerprint density at radius 3 is 1.93 bits per heavy atom. The summed E-state index contributed by atoms with van der Waals surface area (Å²) in [6.45, 7) is 0.455. The Bertz CT molecular complexity index is 3640. The van der Waals surface area contributed by atoms with E-state index in [0.717, 1.165) is 44.9 Å². The quantitative estimate of drug-likeness (QED) is 0.166. The molecule has 4 nitrogen and oxygen atoms in total. The van der Waals surface area contributed by atoms with Gasteiger partial charge in [-0.1, -0.05) is 133 Å². The third-order valence-corrected chi connectivity index (χ3v) is 13.0. The molecule has 0 aliphatic carbocycles. The Hall–Kier alpha value is -7.08. The molecule has 5 heteroatoms. The maximum atomic E-state index is 6.46. The van der Waals surface area contributed by atoms with Crippen molar-refractivity contribution in [2.24, 2.45) is 0 Å². The van der Waals surface area contributed by atoms with Crippen LogP contribution >= 0.6 is 11.3 Å². The van der Waals surface area contributed by atoms with Crippen LogP contribution in [0, 0.1) is 0 Å². The molecule has 0 saturated carbocycles. The standard InChI is InChI=1S/C51H29N3OS/c1-2-13-30-27-42-40(26-29(30)12-1)47-41(25-24-37-35-18-6-5-16-33(35)34-17-7-8-19-36(34)46(37)47)54(42)50-48(53-51-49(52-50)32-15-4-3-14-31(32)28-55-51)39-21-11-23-44-45(39)38-20-9-10-22-43(38)56-44/h1-27H,28H2. The van der Waals surface area contributed by atoms with Gasteiger partial charge in [-0.15, -0.1) is 11.3 Å². The number of rotatable bonds is 2. The minimum Gasteiger partial charge on any atom is -0.471 e. The lowest BCUT2D eigenvalue weighted by Gasteiger charge is -2.22. The van der Waals surface area contributed by atoms with Crippen LogP contribution in [-0.4, -0.2) is 14.5 Å². The van der Waals surface area contributed by atoms with Crippen LogP contribution in [-0.2, 0) is 6.61 Å². The molecular formula is C51H29N3OS. The summed E-state index contributed by atoms with van der Waals surface area (Å²) in [5.41, 5.74) is 6.95. The number of benzene rings is 9. The molecule has 0 bridgehead atoms. The highest BCUT2D eigenvalue weighted by molar-refractivity contribution is 7.25. The van der Waals surface area contributed by atoms with Crippen LogP contribution < -0.4 is 4.74 Å². The highest BCUT2D eigenvalue weighted by Gasteiger charge is 2.28. The molecule has 0 atom stereocenters. The van der Waals surface area contributed by atoms with Gasteiger partial charge in [-0.25, -0.2) is 9.97 Å². The topological polar surface area (TPSA) is 39.9 Å². The van der Waals surface area contributed by atoms with E-state index >= 15 is 0 Å². The van der Waals surface area contributed by atoms with Crippen molar-refractivity contribution < 1.29 is 4.74 Å². The van der Waals surface area contributed by atoms with Crippen LogP contribution in [0.2, 0.25) is 0 Å². The molecule has 12 aromatic rings. The Labute approximate surface area is 324 Å².